The molecule has 0 spiro atoms. The lowest BCUT2D eigenvalue weighted by Crippen LogP contribution is -1.98. The zero-order valence-corrected chi connectivity index (χ0v) is 39.2. The average molecular weight is 917 g/mol. The quantitative estimate of drug-likeness (QED) is 0.146. The van der Waals surface area contributed by atoms with Crippen LogP contribution < -0.4 is 0 Å². The lowest BCUT2D eigenvalue weighted by Gasteiger charge is -2.20. The van der Waals surface area contributed by atoms with Crippen LogP contribution in [0.4, 0.5) is 0 Å². The third-order valence-electron chi connectivity index (χ3n) is 9.96. The van der Waals surface area contributed by atoms with Crippen LogP contribution in [0.5, 0.6) is 0 Å². The lowest BCUT2D eigenvalue weighted by atomic mass is 9.84. The van der Waals surface area contributed by atoms with Gasteiger partial charge >= 0.3 is 0 Å². The maximum atomic E-state index is 5.62. The Bertz CT molecular complexity index is 2490. The molecule has 0 bridgehead atoms. The topological polar surface area (TPSA) is 0 Å². The third kappa shape index (κ3) is 5.59. The smallest absolute Gasteiger partial charge is 0.0657 e. The van der Waals surface area contributed by atoms with Crippen LogP contribution in [-0.4, -0.2) is 36.6 Å². The molecular formula is C42H28S12. The van der Waals surface area contributed by atoms with Gasteiger partial charge in [-0.3, -0.25) is 0 Å². The molecule has 0 N–H and O–H groups in total. The number of thiocarbonyl (C=S) groups is 1. The molecule has 0 amide bonds. The van der Waals surface area contributed by atoms with E-state index in [9.17, 15) is 0 Å². The molecule has 0 saturated heterocycles. The predicted octanol–water partition coefficient (Wildman–Crippen LogP) is 16.5. The van der Waals surface area contributed by atoms with Gasteiger partial charge in [0.05, 0.1) is 33.9 Å². The highest BCUT2D eigenvalue weighted by molar-refractivity contribution is 8.41. The van der Waals surface area contributed by atoms with Gasteiger partial charge in [0.2, 0.25) is 0 Å². The molecular weight excluding hydrogens is 889 g/mol. The molecule has 0 unspecified atom stereocenters. The van der Waals surface area contributed by atoms with Gasteiger partial charge in [-0.2, -0.15) is 0 Å². The van der Waals surface area contributed by atoms with E-state index in [1.807, 2.05) is 123 Å². The van der Waals surface area contributed by atoms with Crippen molar-refractivity contribution < 1.29 is 0 Å². The number of fused-ring (bicyclic) bond motifs is 12. The monoisotopic (exact) mass is 916 g/mol. The molecule has 0 aromatic heterocycles. The highest BCUT2D eigenvalue weighted by atomic mass is 32.3. The summed E-state index contributed by atoms with van der Waals surface area (Å²) >= 11 is 26.5. The van der Waals surface area contributed by atoms with Crippen molar-refractivity contribution in [2.24, 2.45) is 0 Å². The molecule has 54 heavy (non-hydrogen) atoms. The summed E-state index contributed by atoms with van der Waals surface area (Å²) in [5.74, 6) is 0. The zero-order valence-electron chi connectivity index (χ0n) is 29.4. The molecule has 0 radical (unpaired) electrons. The number of rotatable bonds is 6. The minimum atomic E-state index is 1.19. The summed E-state index contributed by atoms with van der Waals surface area (Å²) in [6, 6.07) is 27.7. The first-order valence-corrected chi connectivity index (χ1v) is 28.3. The largest absolute Gasteiger partial charge is 0.121 e. The van der Waals surface area contributed by atoms with Gasteiger partial charge in [0.15, 0.2) is 0 Å². The van der Waals surface area contributed by atoms with Crippen LogP contribution >= 0.6 is 142 Å². The molecule has 3 heterocycles. The van der Waals surface area contributed by atoms with Gasteiger partial charge in [0.1, 0.15) is 0 Å². The fourth-order valence-electron chi connectivity index (χ4n) is 7.97. The van der Waals surface area contributed by atoms with Crippen molar-refractivity contribution in [3.63, 3.8) is 0 Å². The molecule has 0 saturated carbocycles. The first-order valence-electron chi connectivity index (χ1n) is 16.8. The van der Waals surface area contributed by atoms with Crippen LogP contribution in [0.2, 0.25) is 0 Å². The van der Waals surface area contributed by atoms with E-state index in [4.69, 9.17) is 12.2 Å². The van der Waals surface area contributed by atoms with Gasteiger partial charge in [-0.15, -0.1) is 58.8 Å². The maximum absolute atomic E-state index is 5.62. The Hall–Kier alpha value is -0.740. The standard InChI is InChI=1S/C42H28S12/c1-44-35-25(18-43)49-36(50-35)29-22-15-9-6-12-19(22)26-32(29)27-20-13-7-10-16-23(20)30(37-51-39(45-2)40(46-3)52-37)34(27)28-21-14-8-11-17-24(21)31(33(26)28)38-53-41(47-4)42(48-5)54-38/h6-18H,1-5H3/b36-29-. The van der Waals surface area contributed by atoms with Crippen LogP contribution in [0.15, 0.2) is 112 Å². The summed E-state index contributed by atoms with van der Waals surface area (Å²) in [5.41, 5.74) is 20.5. The van der Waals surface area contributed by atoms with Gasteiger partial charge in [0, 0.05) is 43.7 Å². The fourth-order valence-corrected chi connectivity index (χ4v) is 22.2. The van der Waals surface area contributed by atoms with E-state index in [0.29, 0.717) is 0 Å². The molecule has 4 aromatic carbocycles. The maximum Gasteiger partial charge on any atom is 0.0657 e. The van der Waals surface area contributed by atoms with E-state index in [2.05, 4.69) is 104 Å². The van der Waals surface area contributed by atoms with E-state index in [-0.39, 0.29) is 0 Å². The molecule has 6 aliphatic rings. The summed E-state index contributed by atoms with van der Waals surface area (Å²) in [6.45, 7) is 0. The summed E-state index contributed by atoms with van der Waals surface area (Å²) in [6.07, 6.45) is 11.1. The minimum Gasteiger partial charge on any atom is -0.121 e. The third-order valence-corrected chi connectivity index (χ3v) is 24.6. The van der Waals surface area contributed by atoms with Crippen molar-refractivity contribution in [3.8, 4) is 33.4 Å². The molecule has 268 valence electrons. The van der Waals surface area contributed by atoms with Crippen molar-refractivity contribution in [2.75, 3.05) is 31.3 Å². The van der Waals surface area contributed by atoms with E-state index >= 15 is 0 Å². The Morgan fingerprint density at radius 1 is 0.370 bits per heavy atom. The van der Waals surface area contributed by atoms with E-state index in [0.717, 1.165) is 0 Å². The Morgan fingerprint density at radius 3 is 0.926 bits per heavy atom. The van der Waals surface area contributed by atoms with Gasteiger partial charge in [-0.1, -0.05) is 156 Å². The highest BCUT2D eigenvalue weighted by Gasteiger charge is 2.46. The molecule has 3 aliphatic heterocycles. The lowest BCUT2D eigenvalue weighted by molar-refractivity contribution is 1.58. The Balaban J connectivity index is 1.39. The van der Waals surface area contributed by atoms with Crippen molar-refractivity contribution in [3.05, 3.63) is 145 Å². The predicted molar refractivity (Wildman–Crippen MR) is 269 cm³/mol. The summed E-state index contributed by atoms with van der Waals surface area (Å²) < 4.78 is 11.0. The van der Waals surface area contributed by atoms with Gasteiger partial charge in [0.25, 0.3) is 0 Å². The Kier molecular flexibility index (Phi) is 10.5. The number of benzene rings is 4. The average Bonchev–Trinajstić information content (AvgIpc) is 4.06. The summed E-state index contributed by atoms with van der Waals surface area (Å²) in [4.78, 5) is 1.19. The van der Waals surface area contributed by atoms with Gasteiger partial charge in [-0.25, -0.2) is 0 Å². The van der Waals surface area contributed by atoms with Crippen LogP contribution in [0.25, 0.3) is 50.1 Å². The van der Waals surface area contributed by atoms with Crippen LogP contribution in [-0.2, 0) is 0 Å². The van der Waals surface area contributed by atoms with Crippen molar-refractivity contribution >= 4 is 164 Å². The van der Waals surface area contributed by atoms with Gasteiger partial charge in [-0.05, 0) is 81.3 Å². The molecule has 0 nitrogen and oxygen atoms in total. The van der Waals surface area contributed by atoms with Gasteiger partial charge < -0.3 is 0 Å². The SMILES string of the molecule is CSC1=C(C=S)S/C(=C2\c3ccccc3-c3c4c(c5c(c32)-c2ccccc2C5=C2SC(SC)=C(SC)S2)-c2ccccc2C4=C2SC(SC)=C(SC)S2)S1. The molecule has 0 atom stereocenters. The highest BCUT2D eigenvalue weighted by Crippen LogP contribution is 2.71. The summed E-state index contributed by atoms with van der Waals surface area (Å²) in [7, 11) is 0. The minimum absolute atomic E-state index is 1.19. The van der Waals surface area contributed by atoms with E-state index in [1.54, 1.807) is 11.8 Å². The second-order valence-corrected chi connectivity index (χ2v) is 25.0. The number of hydrogen-bond acceptors (Lipinski definition) is 12. The first kappa shape index (κ1) is 37.5. The van der Waals surface area contributed by atoms with Crippen LogP contribution in [0.3, 0.4) is 0 Å². The van der Waals surface area contributed by atoms with Crippen molar-refractivity contribution in [2.45, 2.75) is 0 Å². The summed E-state index contributed by atoms with van der Waals surface area (Å²) in [5, 5.41) is 1.88. The molecule has 12 heteroatoms. The molecule has 4 aromatic rings. The number of hydrogen-bond donors (Lipinski definition) is 0. The zero-order chi connectivity index (χ0) is 36.8. The van der Waals surface area contributed by atoms with E-state index < -0.39 is 0 Å². The first-order chi connectivity index (χ1) is 26.5. The van der Waals surface area contributed by atoms with Crippen molar-refractivity contribution in [1.29, 1.82) is 0 Å². The molecule has 10 rings (SSSR count). The second-order valence-electron chi connectivity index (χ2n) is 12.4. The fraction of sp³-hybridized carbons (Fsp3) is 0.119. The Labute approximate surface area is 369 Å². The molecule has 3 aliphatic carbocycles. The van der Waals surface area contributed by atoms with Crippen LogP contribution in [0, 0.1) is 0 Å². The molecule has 0 fully saturated rings. The number of allylic oxidation sites excluding steroid dienone is 1. The Morgan fingerprint density at radius 2 is 0.648 bits per heavy atom. The van der Waals surface area contributed by atoms with E-state index in [1.165, 1.54) is 122 Å². The normalized spacial score (nSPS) is 19.4. The van der Waals surface area contributed by atoms with Crippen LogP contribution in [0.1, 0.15) is 33.4 Å². The van der Waals surface area contributed by atoms with Crippen molar-refractivity contribution in [1.82, 2.24) is 0 Å². The second kappa shape index (κ2) is 15.1. The number of thioether (sulfide) groups is 11.